The number of piperidine rings is 1. The number of rotatable bonds is 2. The Morgan fingerprint density at radius 1 is 1.38 bits per heavy atom. The summed E-state index contributed by atoms with van der Waals surface area (Å²) in [5.41, 5.74) is -0.304. The van der Waals surface area contributed by atoms with E-state index >= 15 is 0 Å². The van der Waals surface area contributed by atoms with Gasteiger partial charge in [-0.05, 0) is 51.7 Å². The van der Waals surface area contributed by atoms with Crippen LogP contribution in [0.15, 0.2) is 0 Å². The molecule has 1 saturated heterocycles. The Bertz CT molecular complexity index is 215. The number of carboxylic acid groups (broad SMARTS) is 1. The molecular weight excluding hydrogens is 166 g/mol. The molecule has 3 heteroatoms. The van der Waals surface area contributed by atoms with Crippen molar-refractivity contribution in [3.05, 3.63) is 0 Å². The molecule has 0 aromatic heterocycles. The fourth-order valence-corrected chi connectivity index (χ4v) is 2.49. The molecule has 1 N–H and O–H groups in total. The van der Waals surface area contributed by atoms with Gasteiger partial charge >= 0.3 is 5.97 Å². The molecular formula is C10H17NO2. The summed E-state index contributed by atoms with van der Waals surface area (Å²) < 4.78 is 0. The Morgan fingerprint density at radius 2 is 1.92 bits per heavy atom. The number of nitrogens with zero attached hydrogens (tertiary/aromatic N) is 1. The standard InChI is InChI=1S/C10H17NO2/c1-11-6-2-8(3-7-11)10(4-5-10)9(12)13/h8H,2-7H2,1H3,(H,12,13). The zero-order valence-electron chi connectivity index (χ0n) is 8.12. The number of carboxylic acids is 1. The summed E-state index contributed by atoms with van der Waals surface area (Å²) >= 11 is 0. The molecule has 13 heavy (non-hydrogen) atoms. The van der Waals surface area contributed by atoms with Crippen LogP contribution in [0.2, 0.25) is 0 Å². The van der Waals surface area contributed by atoms with Crippen molar-refractivity contribution in [1.29, 1.82) is 0 Å². The van der Waals surface area contributed by atoms with E-state index in [0.29, 0.717) is 5.92 Å². The Hall–Kier alpha value is -0.570. The highest BCUT2D eigenvalue weighted by Crippen LogP contribution is 2.55. The molecule has 0 aromatic rings. The van der Waals surface area contributed by atoms with Crippen molar-refractivity contribution in [1.82, 2.24) is 4.90 Å². The van der Waals surface area contributed by atoms with Crippen LogP contribution in [0.3, 0.4) is 0 Å². The van der Waals surface area contributed by atoms with Gasteiger partial charge in [-0.25, -0.2) is 0 Å². The van der Waals surface area contributed by atoms with Gasteiger partial charge in [0.25, 0.3) is 0 Å². The number of hydrogen-bond donors (Lipinski definition) is 1. The van der Waals surface area contributed by atoms with Gasteiger partial charge in [-0.3, -0.25) is 4.79 Å². The Morgan fingerprint density at radius 3 is 2.31 bits per heavy atom. The Balaban J connectivity index is 1.98. The van der Waals surface area contributed by atoms with E-state index in [2.05, 4.69) is 11.9 Å². The lowest BCUT2D eigenvalue weighted by Crippen LogP contribution is -2.36. The Kier molecular flexibility index (Phi) is 2.06. The van der Waals surface area contributed by atoms with Gasteiger partial charge in [0.15, 0.2) is 0 Å². The lowest BCUT2D eigenvalue weighted by molar-refractivity contribution is -0.146. The summed E-state index contributed by atoms with van der Waals surface area (Å²) in [5, 5.41) is 9.11. The first kappa shape index (κ1) is 9.00. The van der Waals surface area contributed by atoms with Crippen LogP contribution in [0, 0.1) is 11.3 Å². The van der Waals surface area contributed by atoms with Crippen molar-refractivity contribution < 1.29 is 9.90 Å². The number of carbonyl (C=O) groups is 1. The monoisotopic (exact) mass is 183 g/mol. The highest BCUT2D eigenvalue weighted by molar-refractivity contribution is 5.78. The summed E-state index contributed by atoms with van der Waals surface area (Å²) in [7, 11) is 2.11. The van der Waals surface area contributed by atoms with Crippen LogP contribution < -0.4 is 0 Å². The molecule has 2 fully saturated rings. The van der Waals surface area contributed by atoms with Crippen LogP contribution in [0.1, 0.15) is 25.7 Å². The fraction of sp³-hybridized carbons (Fsp3) is 0.900. The summed E-state index contributed by atoms with van der Waals surface area (Å²) in [5.74, 6) is -0.108. The van der Waals surface area contributed by atoms with Gasteiger partial charge in [-0.2, -0.15) is 0 Å². The maximum Gasteiger partial charge on any atom is 0.309 e. The zero-order valence-corrected chi connectivity index (χ0v) is 8.12. The minimum Gasteiger partial charge on any atom is -0.481 e. The maximum atomic E-state index is 11.1. The molecule has 1 aliphatic carbocycles. The van der Waals surface area contributed by atoms with Crippen LogP contribution in [0.25, 0.3) is 0 Å². The quantitative estimate of drug-likeness (QED) is 0.699. The number of hydrogen-bond acceptors (Lipinski definition) is 2. The maximum absolute atomic E-state index is 11.1. The van der Waals surface area contributed by atoms with Gasteiger partial charge in [-0.1, -0.05) is 0 Å². The topological polar surface area (TPSA) is 40.5 Å². The van der Waals surface area contributed by atoms with Crippen molar-refractivity contribution in [2.45, 2.75) is 25.7 Å². The van der Waals surface area contributed by atoms with Gasteiger partial charge < -0.3 is 10.0 Å². The molecule has 3 nitrogen and oxygen atoms in total. The van der Waals surface area contributed by atoms with Crippen LogP contribution in [0.5, 0.6) is 0 Å². The van der Waals surface area contributed by atoms with Crippen LogP contribution in [0.4, 0.5) is 0 Å². The van der Waals surface area contributed by atoms with E-state index in [1.54, 1.807) is 0 Å². The molecule has 1 heterocycles. The second-order valence-electron chi connectivity index (χ2n) is 4.54. The summed E-state index contributed by atoms with van der Waals surface area (Å²) in [4.78, 5) is 13.3. The van der Waals surface area contributed by atoms with Crippen LogP contribution in [-0.4, -0.2) is 36.1 Å². The first-order chi connectivity index (χ1) is 6.15. The third-order valence-corrected chi connectivity index (χ3v) is 3.71. The summed E-state index contributed by atoms with van der Waals surface area (Å²) in [6.45, 7) is 2.14. The van der Waals surface area contributed by atoms with Crippen LogP contribution >= 0.6 is 0 Å². The average Bonchev–Trinajstić information content (AvgIpc) is 2.86. The molecule has 0 amide bonds. The molecule has 0 atom stereocenters. The molecule has 2 rings (SSSR count). The van der Waals surface area contributed by atoms with Crippen molar-refractivity contribution in [2.75, 3.05) is 20.1 Å². The number of aliphatic carboxylic acids is 1. The van der Waals surface area contributed by atoms with Crippen molar-refractivity contribution in [2.24, 2.45) is 11.3 Å². The molecule has 1 aliphatic heterocycles. The van der Waals surface area contributed by atoms with E-state index in [-0.39, 0.29) is 5.41 Å². The Labute approximate surface area is 78.7 Å². The second-order valence-corrected chi connectivity index (χ2v) is 4.54. The van der Waals surface area contributed by atoms with Gasteiger partial charge in [-0.15, -0.1) is 0 Å². The lowest BCUT2D eigenvalue weighted by Gasteiger charge is -2.32. The van der Waals surface area contributed by atoms with E-state index in [4.69, 9.17) is 5.11 Å². The second kappa shape index (κ2) is 2.98. The SMILES string of the molecule is CN1CCC(C2(C(=O)O)CC2)CC1. The third-order valence-electron chi connectivity index (χ3n) is 3.71. The first-order valence-corrected chi connectivity index (χ1v) is 5.07. The predicted molar refractivity (Wildman–Crippen MR) is 49.5 cm³/mol. The zero-order chi connectivity index (χ0) is 9.47. The highest BCUT2D eigenvalue weighted by atomic mass is 16.4. The first-order valence-electron chi connectivity index (χ1n) is 5.07. The molecule has 0 spiro atoms. The van der Waals surface area contributed by atoms with Crippen molar-refractivity contribution >= 4 is 5.97 Å². The molecule has 74 valence electrons. The lowest BCUT2D eigenvalue weighted by atomic mass is 9.82. The minimum absolute atomic E-state index is 0.304. The van der Waals surface area contributed by atoms with Crippen molar-refractivity contribution in [3.63, 3.8) is 0 Å². The predicted octanol–water partition coefficient (Wildman–Crippen LogP) is 1.19. The van der Waals surface area contributed by atoms with E-state index in [1.165, 1.54) is 0 Å². The van der Waals surface area contributed by atoms with Gasteiger partial charge in [0.1, 0.15) is 0 Å². The van der Waals surface area contributed by atoms with Gasteiger partial charge in [0, 0.05) is 0 Å². The number of likely N-dealkylation sites (tertiary alicyclic amines) is 1. The summed E-state index contributed by atoms with van der Waals surface area (Å²) in [6, 6.07) is 0. The van der Waals surface area contributed by atoms with Gasteiger partial charge in [0.05, 0.1) is 5.41 Å². The average molecular weight is 183 g/mol. The molecule has 0 radical (unpaired) electrons. The van der Waals surface area contributed by atoms with E-state index < -0.39 is 5.97 Å². The van der Waals surface area contributed by atoms with E-state index in [0.717, 1.165) is 38.8 Å². The van der Waals surface area contributed by atoms with E-state index in [1.807, 2.05) is 0 Å². The molecule has 2 aliphatic rings. The van der Waals surface area contributed by atoms with Crippen molar-refractivity contribution in [3.8, 4) is 0 Å². The largest absolute Gasteiger partial charge is 0.481 e. The molecule has 1 saturated carbocycles. The normalized spacial score (nSPS) is 28.7. The summed E-state index contributed by atoms with van der Waals surface area (Å²) in [6.07, 6.45) is 3.97. The molecule has 0 unspecified atom stereocenters. The van der Waals surface area contributed by atoms with Crippen LogP contribution in [-0.2, 0) is 4.79 Å². The van der Waals surface area contributed by atoms with E-state index in [9.17, 15) is 4.79 Å². The fourth-order valence-electron chi connectivity index (χ4n) is 2.49. The molecule has 0 aromatic carbocycles. The third kappa shape index (κ3) is 1.46. The highest BCUT2D eigenvalue weighted by Gasteiger charge is 2.55. The van der Waals surface area contributed by atoms with Gasteiger partial charge in [0.2, 0.25) is 0 Å². The minimum atomic E-state index is -0.554. The molecule has 0 bridgehead atoms. The smallest absolute Gasteiger partial charge is 0.309 e.